The molecule has 0 saturated carbocycles. The van der Waals surface area contributed by atoms with Gasteiger partial charge in [0.05, 0.1) is 13.2 Å². The van der Waals surface area contributed by atoms with Crippen molar-refractivity contribution in [3.05, 3.63) is 82.9 Å². The van der Waals surface area contributed by atoms with Crippen molar-refractivity contribution >= 4 is 10.8 Å². The fraction of sp³-hybridized carbons (Fsp3) is 0.429. The minimum absolute atomic E-state index is 0.186. The lowest BCUT2D eigenvalue weighted by Crippen LogP contribution is -2.27. The van der Waals surface area contributed by atoms with Crippen LogP contribution in [-0.4, -0.2) is 13.2 Å². The van der Waals surface area contributed by atoms with Crippen LogP contribution in [0.5, 0.6) is 0 Å². The smallest absolute Gasteiger partial charge is 0.183 e. The minimum atomic E-state index is -0.382. The topological polar surface area (TPSA) is 18.5 Å². The Balaban J connectivity index is 1.37. The van der Waals surface area contributed by atoms with Gasteiger partial charge in [0.2, 0.25) is 0 Å². The van der Waals surface area contributed by atoms with Crippen molar-refractivity contribution in [2.24, 2.45) is 5.92 Å². The van der Waals surface area contributed by atoms with E-state index in [1.54, 1.807) is 12.1 Å². The van der Waals surface area contributed by atoms with Gasteiger partial charge in [-0.3, -0.25) is 0 Å². The number of aryl methyl sites for hydroxylation is 2. The standard InChI is InChI=1S/C28H32F2O2/c1-2-3-4-5-6-21-18-31-28(32-19-21)24-13-16-26-23(17-24)12-11-22(27(26)30)10-7-20-8-14-25(29)15-9-20/h8-9,11-17,21,28H,2-7,10,18-19H2,1H3. The molecule has 0 atom stereocenters. The first-order valence-corrected chi connectivity index (χ1v) is 11.8. The second-order valence-electron chi connectivity index (χ2n) is 8.86. The summed E-state index contributed by atoms with van der Waals surface area (Å²) in [7, 11) is 0. The number of hydrogen-bond acceptors (Lipinski definition) is 2. The van der Waals surface area contributed by atoms with Crippen molar-refractivity contribution in [1.29, 1.82) is 0 Å². The lowest BCUT2D eigenvalue weighted by atomic mass is 9.98. The molecule has 4 rings (SSSR count). The van der Waals surface area contributed by atoms with Gasteiger partial charge in [0.15, 0.2) is 6.29 Å². The van der Waals surface area contributed by atoms with Crippen molar-refractivity contribution in [2.75, 3.05) is 13.2 Å². The van der Waals surface area contributed by atoms with Gasteiger partial charge in [-0.2, -0.15) is 0 Å². The average Bonchev–Trinajstić information content (AvgIpc) is 2.83. The molecule has 0 unspecified atom stereocenters. The van der Waals surface area contributed by atoms with Crippen LogP contribution in [0.2, 0.25) is 0 Å². The molecule has 0 aromatic heterocycles. The molecule has 0 amide bonds. The summed E-state index contributed by atoms with van der Waals surface area (Å²) in [5.41, 5.74) is 2.60. The third-order valence-electron chi connectivity index (χ3n) is 6.36. The first kappa shape index (κ1) is 22.9. The van der Waals surface area contributed by atoms with E-state index in [2.05, 4.69) is 6.92 Å². The number of fused-ring (bicyclic) bond motifs is 1. The van der Waals surface area contributed by atoms with Crippen molar-refractivity contribution in [2.45, 2.75) is 58.2 Å². The Morgan fingerprint density at radius 1 is 0.844 bits per heavy atom. The van der Waals surface area contributed by atoms with Gasteiger partial charge in [-0.15, -0.1) is 0 Å². The number of rotatable bonds is 9. The number of benzene rings is 3. The molecular formula is C28H32F2O2. The SMILES string of the molecule is CCCCCCC1COC(c2ccc3c(F)c(CCc4ccc(F)cc4)ccc3c2)OC1. The van der Waals surface area contributed by atoms with E-state index in [4.69, 9.17) is 9.47 Å². The summed E-state index contributed by atoms with van der Waals surface area (Å²) in [6.07, 6.45) is 7.06. The van der Waals surface area contributed by atoms with Gasteiger partial charge in [-0.05, 0) is 54.0 Å². The van der Waals surface area contributed by atoms with Crippen LogP contribution in [0.3, 0.4) is 0 Å². The second-order valence-corrected chi connectivity index (χ2v) is 8.86. The summed E-state index contributed by atoms with van der Waals surface area (Å²) in [6.45, 7) is 3.65. The molecule has 1 aliphatic rings. The Hall–Kier alpha value is -2.30. The van der Waals surface area contributed by atoms with Gasteiger partial charge in [-0.25, -0.2) is 8.78 Å². The molecule has 0 radical (unpaired) electrons. The van der Waals surface area contributed by atoms with Crippen molar-refractivity contribution in [3.8, 4) is 0 Å². The number of hydrogen-bond donors (Lipinski definition) is 0. The van der Waals surface area contributed by atoms with Crippen LogP contribution in [0.25, 0.3) is 10.8 Å². The summed E-state index contributed by atoms with van der Waals surface area (Å²) in [6, 6.07) is 15.9. The van der Waals surface area contributed by atoms with Gasteiger partial charge >= 0.3 is 0 Å². The molecule has 0 N–H and O–H groups in total. The average molecular weight is 439 g/mol. The molecule has 1 heterocycles. The van der Waals surface area contributed by atoms with Gasteiger partial charge < -0.3 is 9.47 Å². The zero-order valence-electron chi connectivity index (χ0n) is 18.8. The van der Waals surface area contributed by atoms with Crippen LogP contribution in [0.1, 0.15) is 62.0 Å². The monoisotopic (exact) mass is 438 g/mol. The predicted octanol–water partition coefficient (Wildman–Crippen LogP) is 7.54. The van der Waals surface area contributed by atoms with Crippen LogP contribution in [0.15, 0.2) is 54.6 Å². The summed E-state index contributed by atoms with van der Waals surface area (Å²) in [5.74, 6) is 0.0216. The van der Waals surface area contributed by atoms with Crippen LogP contribution in [0.4, 0.5) is 8.78 Å². The van der Waals surface area contributed by atoms with E-state index in [9.17, 15) is 4.39 Å². The minimum Gasteiger partial charge on any atom is -0.348 e. The molecule has 3 aromatic carbocycles. The Morgan fingerprint density at radius 2 is 1.62 bits per heavy atom. The number of halogens is 2. The second kappa shape index (κ2) is 11.0. The third kappa shape index (κ3) is 5.73. The van der Waals surface area contributed by atoms with E-state index in [1.807, 2.05) is 30.3 Å². The highest BCUT2D eigenvalue weighted by Crippen LogP contribution is 2.31. The van der Waals surface area contributed by atoms with E-state index < -0.39 is 0 Å². The first-order valence-electron chi connectivity index (χ1n) is 11.8. The molecule has 0 spiro atoms. The molecule has 170 valence electrons. The molecule has 32 heavy (non-hydrogen) atoms. The molecule has 1 aliphatic heterocycles. The van der Waals surface area contributed by atoms with E-state index in [0.29, 0.717) is 42.9 Å². The predicted molar refractivity (Wildman–Crippen MR) is 125 cm³/mol. The number of unbranched alkanes of at least 4 members (excludes halogenated alkanes) is 3. The third-order valence-corrected chi connectivity index (χ3v) is 6.36. The van der Waals surface area contributed by atoms with E-state index in [-0.39, 0.29) is 17.9 Å². The van der Waals surface area contributed by atoms with Crippen molar-refractivity contribution in [3.63, 3.8) is 0 Å². The summed E-state index contributed by atoms with van der Waals surface area (Å²) >= 11 is 0. The van der Waals surface area contributed by atoms with Crippen LogP contribution in [0, 0.1) is 17.6 Å². The lowest BCUT2D eigenvalue weighted by molar-refractivity contribution is -0.206. The zero-order valence-corrected chi connectivity index (χ0v) is 18.8. The highest BCUT2D eigenvalue weighted by atomic mass is 19.1. The lowest BCUT2D eigenvalue weighted by Gasteiger charge is -2.30. The maximum atomic E-state index is 15.1. The normalized spacial score (nSPS) is 18.8. The highest BCUT2D eigenvalue weighted by Gasteiger charge is 2.23. The highest BCUT2D eigenvalue weighted by molar-refractivity contribution is 5.84. The molecule has 1 fully saturated rings. The molecule has 1 saturated heterocycles. The molecular weight excluding hydrogens is 406 g/mol. The van der Waals surface area contributed by atoms with Crippen LogP contribution >= 0.6 is 0 Å². The largest absolute Gasteiger partial charge is 0.348 e. The van der Waals surface area contributed by atoms with Crippen LogP contribution < -0.4 is 0 Å². The van der Waals surface area contributed by atoms with Gasteiger partial charge in [0, 0.05) is 16.9 Å². The van der Waals surface area contributed by atoms with E-state index in [1.165, 1.54) is 37.8 Å². The molecule has 0 bridgehead atoms. The maximum absolute atomic E-state index is 15.1. The van der Waals surface area contributed by atoms with Gasteiger partial charge in [0.1, 0.15) is 11.6 Å². The molecule has 0 aliphatic carbocycles. The first-order chi connectivity index (χ1) is 15.6. The zero-order chi connectivity index (χ0) is 22.3. The fourth-order valence-electron chi connectivity index (χ4n) is 4.39. The van der Waals surface area contributed by atoms with E-state index >= 15 is 4.39 Å². The summed E-state index contributed by atoms with van der Waals surface area (Å²) < 4.78 is 40.2. The quantitative estimate of drug-likeness (QED) is 0.321. The van der Waals surface area contributed by atoms with Gasteiger partial charge in [0.25, 0.3) is 0 Å². The summed E-state index contributed by atoms with van der Waals surface area (Å²) in [4.78, 5) is 0. The van der Waals surface area contributed by atoms with Crippen molar-refractivity contribution < 1.29 is 18.3 Å². The van der Waals surface area contributed by atoms with Gasteiger partial charge in [-0.1, -0.05) is 69.0 Å². The number of ether oxygens (including phenoxy) is 2. The fourth-order valence-corrected chi connectivity index (χ4v) is 4.39. The molecule has 2 nitrogen and oxygen atoms in total. The Morgan fingerprint density at radius 3 is 2.38 bits per heavy atom. The Labute approximate surface area is 189 Å². The molecule has 4 heteroatoms. The maximum Gasteiger partial charge on any atom is 0.183 e. The summed E-state index contributed by atoms with van der Waals surface area (Å²) in [5, 5.41) is 1.45. The Kier molecular flexibility index (Phi) is 7.88. The van der Waals surface area contributed by atoms with Crippen molar-refractivity contribution in [1.82, 2.24) is 0 Å². The molecule has 3 aromatic rings. The van der Waals surface area contributed by atoms with Crippen LogP contribution in [-0.2, 0) is 22.3 Å². The Bertz CT molecular complexity index is 1010. The van der Waals surface area contributed by atoms with E-state index in [0.717, 1.165) is 22.9 Å².